The minimum absolute atomic E-state index is 0.107. The van der Waals surface area contributed by atoms with Gasteiger partial charge < -0.3 is 4.90 Å². The Bertz CT molecular complexity index is 434. The molecule has 19 heavy (non-hydrogen) atoms. The monoisotopic (exact) mass is 327 g/mol. The predicted octanol–water partition coefficient (Wildman–Crippen LogP) is 5.13. The number of nitrogens with zero attached hydrogens (tertiary/aromatic N) is 1. The molecule has 0 radical (unpaired) electrons. The van der Waals surface area contributed by atoms with Crippen molar-refractivity contribution in [3.63, 3.8) is 0 Å². The predicted molar refractivity (Wildman–Crippen MR) is 83.5 cm³/mol. The summed E-state index contributed by atoms with van der Waals surface area (Å²) in [6, 6.07) is 6.01. The van der Waals surface area contributed by atoms with Crippen molar-refractivity contribution in [1.29, 1.82) is 0 Å². The summed E-state index contributed by atoms with van der Waals surface area (Å²) >= 11 is 3.36. The number of hydrogen-bond donors (Lipinski definition) is 0. The number of halogens is 2. The molecule has 0 heterocycles. The third-order valence-corrected chi connectivity index (χ3v) is 5.05. The van der Waals surface area contributed by atoms with Crippen LogP contribution in [0.2, 0.25) is 0 Å². The molecule has 0 atom stereocenters. The second kappa shape index (κ2) is 5.82. The van der Waals surface area contributed by atoms with E-state index < -0.39 is 0 Å². The van der Waals surface area contributed by atoms with Crippen LogP contribution in [0.1, 0.15) is 45.1 Å². The largest absolute Gasteiger partial charge is 0.369 e. The van der Waals surface area contributed by atoms with Gasteiger partial charge >= 0.3 is 0 Å². The van der Waals surface area contributed by atoms with Crippen molar-refractivity contribution < 1.29 is 4.39 Å². The molecule has 1 aromatic rings. The summed E-state index contributed by atoms with van der Waals surface area (Å²) in [6.07, 6.45) is 4.76. The highest BCUT2D eigenvalue weighted by atomic mass is 79.9. The number of anilines is 1. The smallest absolute Gasteiger partial charge is 0.146 e. The van der Waals surface area contributed by atoms with E-state index in [0.717, 1.165) is 24.1 Å². The summed E-state index contributed by atoms with van der Waals surface area (Å²) in [4.78, 5) is 2.13. The molecule has 1 fully saturated rings. The molecule has 0 N–H and O–H groups in total. The number of rotatable bonds is 3. The molecule has 1 aliphatic rings. The molecular formula is C16H23BrFN. The zero-order valence-corrected chi connectivity index (χ0v) is 13.6. The van der Waals surface area contributed by atoms with E-state index in [-0.39, 0.29) is 5.82 Å². The number of alkyl halides is 1. The first-order valence-corrected chi connectivity index (χ1v) is 8.12. The molecule has 0 amide bonds. The molecule has 0 bridgehead atoms. The average Bonchev–Trinajstić information content (AvgIpc) is 2.37. The molecule has 1 aliphatic carbocycles. The van der Waals surface area contributed by atoms with Gasteiger partial charge in [0, 0.05) is 18.4 Å². The van der Waals surface area contributed by atoms with Gasteiger partial charge in [-0.1, -0.05) is 35.8 Å². The highest BCUT2D eigenvalue weighted by molar-refractivity contribution is 9.08. The van der Waals surface area contributed by atoms with Crippen molar-refractivity contribution in [2.24, 2.45) is 5.41 Å². The Balaban J connectivity index is 2.10. The van der Waals surface area contributed by atoms with Gasteiger partial charge in [0.1, 0.15) is 5.82 Å². The van der Waals surface area contributed by atoms with Gasteiger partial charge in [-0.25, -0.2) is 4.39 Å². The summed E-state index contributed by atoms with van der Waals surface area (Å²) in [5.74, 6) is -0.107. The van der Waals surface area contributed by atoms with Gasteiger partial charge in [-0.15, -0.1) is 0 Å². The first-order valence-electron chi connectivity index (χ1n) is 7.00. The van der Waals surface area contributed by atoms with Gasteiger partial charge in [0.25, 0.3) is 0 Å². The van der Waals surface area contributed by atoms with Crippen molar-refractivity contribution in [2.75, 3.05) is 11.9 Å². The maximum Gasteiger partial charge on any atom is 0.146 e. The summed E-state index contributed by atoms with van der Waals surface area (Å²) in [5.41, 5.74) is 2.17. The van der Waals surface area contributed by atoms with Crippen LogP contribution in [-0.2, 0) is 5.33 Å². The number of hydrogen-bond acceptors (Lipinski definition) is 1. The Morgan fingerprint density at radius 1 is 1.32 bits per heavy atom. The molecule has 106 valence electrons. The van der Waals surface area contributed by atoms with Crippen LogP contribution in [0, 0.1) is 11.2 Å². The highest BCUT2D eigenvalue weighted by Crippen LogP contribution is 2.38. The molecular weight excluding hydrogens is 305 g/mol. The SMILES string of the molecule is CN(c1ccc(CBr)cc1F)C1CCC(C)(C)CC1. The Labute approximate surface area is 124 Å². The van der Waals surface area contributed by atoms with Crippen molar-refractivity contribution >= 4 is 21.6 Å². The Hall–Kier alpha value is -0.570. The first kappa shape index (κ1) is 14.8. The fraction of sp³-hybridized carbons (Fsp3) is 0.625. The third-order valence-electron chi connectivity index (χ3n) is 4.40. The van der Waals surface area contributed by atoms with Gasteiger partial charge in [-0.3, -0.25) is 0 Å². The first-order chi connectivity index (χ1) is 8.93. The van der Waals surface area contributed by atoms with Crippen LogP contribution in [0.4, 0.5) is 10.1 Å². The lowest BCUT2D eigenvalue weighted by molar-refractivity contribution is 0.222. The molecule has 0 aromatic heterocycles. The Morgan fingerprint density at radius 3 is 2.47 bits per heavy atom. The summed E-state index contributed by atoms with van der Waals surface area (Å²) in [6.45, 7) is 4.66. The summed E-state index contributed by atoms with van der Waals surface area (Å²) in [5, 5.41) is 0.700. The Morgan fingerprint density at radius 2 is 1.95 bits per heavy atom. The quantitative estimate of drug-likeness (QED) is 0.696. The maximum atomic E-state index is 14.1. The van der Waals surface area contributed by atoms with E-state index in [1.165, 1.54) is 12.8 Å². The molecule has 0 spiro atoms. The highest BCUT2D eigenvalue weighted by Gasteiger charge is 2.29. The molecule has 1 nitrogen and oxygen atoms in total. The fourth-order valence-electron chi connectivity index (χ4n) is 2.89. The van der Waals surface area contributed by atoms with Crippen molar-refractivity contribution in [2.45, 2.75) is 50.9 Å². The van der Waals surface area contributed by atoms with Crippen LogP contribution in [0.15, 0.2) is 18.2 Å². The van der Waals surface area contributed by atoms with E-state index >= 15 is 0 Å². The van der Waals surface area contributed by atoms with Gasteiger partial charge in [-0.05, 0) is 48.8 Å². The van der Waals surface area contributed by atoms with Crippen molar-refractivity contribution in [3.05, 3.63) is 29.6 Å². The number of benzene rings is 1. The van der Waals surface area contributed by atoms with Crippen molar-refractivity contribution in [3.8, 4) is 0 Å². The normalized spacial score (nSPS) is 19.4. The van der Waals surface area contributed by atoms with E-state index in [0.29, 0.717) is 16.8 Å². The molecule has 0 saturated heterocycles. The van der Waals surface area contributed by atoms with Gasteiger partial charge in [0.15, 0.2) is 0 Å². The Kier molecular flexibility index (Phi) is 4.54. The third kappa shape index (κ3) is 3.50. The second-order valence-corrected chi connectivity index (χ2v) is 6.99. The molecule has 3 heteroatoms. The summed E-state index contributed by atoms with van der Waals surface area (Å²) in [7, 11) is 2.02. The van der Waals surface area contributed by atoms with Crippen LogP contribution in [0.3, 0.4) is 0 Å². The van der Waals surface area contributed by atoms with Crippen LogP contribution in [0.25, 0.3) is 0 Å². The average molecular weight is 328 g/mol. The van der Waals surface area contributed by atoms with Gasteiger partial charge in [0.05, 0.1) is 5.69 Å². The van der Waals surface area contributed by atoms with E-state index in [1.807, 2.05) is 19.2 Å². The fourth-order valence-corrected chi connectivity index (χ4v) is 3.24. The zero-order valence-electron chi connectivity index (χ0n) is 12.0. The van der Waals surface area contributed by atoms with E-state index in [9.17, 15) is 4.39 Å². The minimum atomic E-state index is -0.107. The van der Waals surface area contributed by atoms with E-state index in [4.69, 9.17) is 0 Å². The van der Waals surface area contributed by atoms with Crippen LogP contribution in [0.5, 0.6) is 0 Å². The lowest BCUT2D eigenvalue weighted by Crippen LogP contribution is -2.37. The maximum absolute atomic E-state index is 14.1. The topological polar surface area (TPSA) is 3.24 Å². The van der Waals surface area contributed by atoms with Gasteiger partial charge in [-0.2, -0.15) is 0 Å². The van der Waals surface area contributed by atoms with Gasteiger partial charge in [0.2, 0.25) is 0 Å². The molecule has 2 rings (SSSR count). The molecule has 0 aliphatic heterocycles. The van der Waals surface area contributed by atoms with E-state index in [2.05, 4.69) is 34.7 Å². The molecule has 1 saturated carbocycles. The second-order valence-electron chi connectivity index (χ2n) is 6.43. The minimum Gasteiger partial charge on any atom is -0.369 e. The van der Waals surface area contributed by atoms with Crippen LogP contribution < -0.4 is 4.90 Å². The van der Waals surface area contributed by atoms with Crippen molar-refractivity contribution in [1.82, 2.24) is 0 Å². The van der Waals surface area contributed by atoms with E-state index in [1.54, 1.807) is 6.07 Å². The lowest BCUT2D eigenvalue weighted by Gasteiger charge is -2.39. The zero-order chi connectivity index (χ0) is 14.0. The summed E-state index contributed by atoms with van der Waals surface area (Å²) < 4.78 is 14.1. The van der Waals surface area contributed by atoms with Crippen LogP contribution in [-0.4, -0.2) is 13.1 Å². The lowest BCUT2D eigenvalue weighted by atomic mass is 9.75. The van der Waals surface area contributed by atoms with Crippen LogP contribution >= 0.6 is 15.9 Å². The standard InChI is InChI=1S/C16H23BrFN/c1-16(2)8-6-13(7-9-16)19(3)15-5-4-12(11-17)10-14(15)18/h4-5,10,13H,6-9,11H2,1-3H3. The molecule has 0 unspecified atom stereocenters. The molecule has 1 aromatic carbocycles.